The predicted octanol–water partition coefficient (Wildman–Crippen LogP) is 2.60. The van der Waals surface area contributed by atoms with Gasteiger partial charge in [-0.1, -0.05) is 27.2 Å². The second kappa shape index (κ2) is 8.90. The fraction of sp³-hybridized carbons (Fsp3) is 1.00. The molecule has 1 aliphatic heterocycles. The molecule has 0 aliphatic carbocycles. The van der Waals surface area contributed by atoms with E-state index in [-0.39, 0.29) is 0 Å². The number of ether oxygens (including phenoxy) is 2. The average molecular weight is 243 g/mol. The van der Waals surface area contributed by atoms with Crippen molar-refractivity contribution in [2.45, 2.75) is 58.7 Å². The summed E-state index contributed by atoms with van der Waals surface area (Å²) in [6.07, 6.45) is 5.37. The summed E-state index contributed by atoms with van der Waals surface area (Å²) < 4.78 is 11.5. The standard InChI is InChI=1S/C14H29NO2/c1-4-6-13(10-15-9-12(2)3)17-11-14-7-5-8-16-14/h12-15H,4-11H2,1-3H3. The highest BCUT2D eigenvalue weighted by molar-refractivity contribution is 4.67. The molecule has 2 unspecified atom stereocenters. The van der Waals surface area contributed by atoms with Gasteiger partial charge in [-0.25, -0.2) is 0 Å². The van der Waals surface area contributed by atoms with E-state index in [1.54, 1.807) is 0 Å². The maximum absolute atomic E-state index is 5.96. The lowest BCUT2D eigenvalue weighted by atomic mass is 10.2. The number of hydrogen-bond donors (Lipinski definition) is 1. The SMILES string of the molecule is CCCC(CNCC(C)C)OCC1CCCO1. The molecule has 0 aromatic heterocycles. The largest absolute Gasteiger partial charge is 0.376 e. The molecule has 1 fully saturated rings. The Morgan fingerprint density at radius 1 is 1.35 bits per heavy atom. The van der Waals surface area contributed by atoms with Crippen molar-refractivity contribution in [3.8, 4) is 0 Å². The van der Waals surface area contributed by atoms with Crippen LogP contribution in [-0.2, 0) is 9.47 Å². The van der Waals surface area contributed by atoms with Crippen molar-refractivity contribution in [2.75, 3.05) is 26.3 Å². The zero-order valence-corrected chi connectivity index (χ0v) is 11.7. The zero-order chi connectivity index (χ0) is 12.5. The second-order valence-electron chi connectivity index (χ2n) is 5.43. The third-order valence-electron chi connectivity index (χ3n) is 3.08. The lowest BCUT2D eigenvalue weighted by Crippen LogP contribution is -2.33. The highest BCUT2D eigenvalue weighted by Crippen LogP contribution is 2.13. The Hall–Kier alpha value is -0.120. The highest BCUT2D eigenvalue weighted by Gasteiger charge is 2.17. The summed E-state index contributed by atoms with van der Waals surface area (Å²) in [5.41, 5.74) is 0. The van der Waals surface area contributed by atoms with Gasteiger partial charge in [-0.15, -0.1) is 0 Å². The van der Waals surface area contributed by atoms with E-state index < -0.39 is 0 Å². The van der Waals surface area contributed by atoms with Crippen molar-refractivity contribution in [1.82, 2.24) is 5.32 Å². The van der Waals surface area contributed by atoms with Crippen LogP contribution >= 0.6 is 0 Å². The van der Waals surface area contributed by atoms with Gasteiger partial charge in [-0.2, -0.15) is 0 Å². The summed E-state index contributed by atoms with van der Waals surface area (Å²) in [4.78, 5) is 0. The average Bonchev–Trinajstić information content (AvgIpc) is 2.78. The van der Waals surface area contributed by atoms with E-state index in [2.05, 4.69) is 26.1 Å². The van der Waals surface area contributed by atoms with Gasteiger partial charge >= 0.3 is 0 Å². The topological polar surface area (TPSA) is 30.5 Å². The van der Waals surface area contributed by atoms with Crippen LogP contribution < -0.4 is 5.32 Å². The van der Waals surface area contributed by atoms with Crippen molar-refractivity contribution in [3.05, 3.63) is 0 Å². The number of nitrogens with one attached hydrogen (secondary N) is 1. The first-order valence-corrected chi connectivity index (χ1v) is 7.16. The molecule has 1 heterocycles. The molecule has 1 N–H and O–H groups in total. The van der Waals surface area contributed by atoms with Crippen LogP contribution in [-0.4, -0.2) is 38.5 Å². The van der Waals surface area contributed by atoms with Crippen LogP contribution in [0.25, 0.3) is 0 Å². The fourth-order valence-corrected chi connectivity index (χ4v) is 2.12. The minimum absolute atomic E-state index is 0.347. The molecule has 0 spiro atoms. The van der Waals surface area contributed by atoms with Crippen molar-refractivity contribution < 1.29 is 9.47 Å². The molecule has 1 aliphatic rings. The Kier molecular flexibility index (Phi) is 7.82. The van der Waals surface area contributed by atoms with E-state index in [9.17, 15) is 0 Å². The first kappa shape index (κ1) is 14.9. The molecule has 0 aromatic rings. The van der Waals surface area contributed by atoms with E-state index in [1.165, 1.54) is 12.8 Å². The Morgan fingerprint density at radius 2 is 2.18 bits per heavy atom. The number of hydrogen-bond acceptors (Lipinski definition) is 3. The molecule has 1 rings (SSSR count). The van der Waals surface area contributed by atoms with Crippen LogP contribution in [0.2, 0.25) is 0 Å². The first-order chi connectivity index (χ1) is 8.22. The Morgan fingerprint density at radius 3 is 2.76 bits per heavy atom. The maximum atomic E-state index is 5.96. The molecule has 3 heteroatoms. The summed E-state index contributed by atoms with van der Waals surface area (Å²) in [5, 5.41) is 3.48. The molecule has 3 nitrogen and oxygen atoms in total. The van der Waals surface area contributed by atoms with Crippen LogP contribution in [0.1, 0.15) is 46.5 Å². The van der Waals surface area contributed by atoms with Gasteiger partial charge in [-0.3, -0.25) is 0 Å². The molecule has 102 valence electrons. The predicted molar refractivity (Wildman–Crippen MR) is 71.3 cm³/mol. The van der Waals surface area contributed by atoms with Gasteiger partial charge in [-0.05, 0) is 31.7 Å². The summed E-state index contributed by atoms with van der Waals surface area (Å²) in [6, 6.07) is 0. The number of rotatable bonds is 9. The van der Waals surface area contributed by atoms with Crippen LogP contribution in [0.15, 0.2) is 0 Å². The quantitative estimate of drug-likeness (QED) is 0.675. The Labute approximate surface area is 106 Å². The molecule has 1 saturated heterocycles. The maximum Gasteiger partial charge on any atom is 0.0809 e. The van der Waals surface area contributed by atoms with Crippen molar-refractivity contribution in [2.24, 2.45) is 5.92 Å². The summed E-state index contributed by atoms with van der Waals surface area (Å²) in [7, 11) is 0. The highest BCUT2D eigenvalue weighted by atomic mass is 16.5. The Balaban J connectivity index is 2.12. The minimum Gasteiger partial charge on any atom is -0.376 e. The smallest absolute Gasteiger partial charge is 0.0809 e. The van der Waals surface area contributed by atoms with Gasteiger partial charge in [0, 0.05) is 13.2 Å². The third kappa shape index (κ3) is 7.02. The molecule has 17 heavy (non-hydrogen) atoms. The second-order valence-corrected chi connectivity index (χ2v) is 5.43. The fourth-order valence-electron chi connectivity index (χ4n) is 2.12. The molecule has 0 bridgehead atoms. The minimum atomic E-state index is 0.347. The van der Waals surface area contributed by atoms with Gasteiger partial charge in [0.2, 0.25) is 0 Å². The van der Waals surface area contributed by atoms with Gasteiger partial charge < -0.3 is 14.8 Å². The van der Waals surface area contributed by atoms with Gasteiger partial charge in [0.05, 0.1) is 18.8 Å². The lowest BCUT2D eigenvalue weighted by Gasteiger charge is -2.20. The van der Waals surface area contributed by atoms with E-state index >= 15 is 0 Å². The molecular formula is C14H29NO2. The van der Waals surface area contributed by atoms with E-state index in [0.717, 1.165) is 39.1 Å². The molecule has 2 atom stereocenters. The monoisotopic (exact) mass is 243 g/mol. The molecule has 0 saturated carbocycles. The third-order valence-corrected chi connectivity index (χ3v) is 3.08. The van der Waals surface area contributed by atoms with Crippen LogP contribution in [0.4, 0.5) is 0 Å². The van der Waals surface area contributed by atoms with E-state index in [4.69, 9.17) is 9.47 Å². The normalized spacial score (nSPS) is 22.2. The van der Waals surface area contributed by atoms with Crippen LogP contribution in [0.5, 0.6) is 0 Å². The van der Waals surface area contributed by atoms with Gasteiger partial charge in [0.1, 0.15) is 0 Å². The van der Waals surface area contributed by atoms with Crippen molar-refractivity contribution in [1.29, 1.82) is 0 Å². The summed E-state index contributed by atoms with van der Waals surface area (Å²) in [5.74, 6) is 0.704. The summed E-state index contributed by atoms with van der Waals surface area (Å²) >= 11 is 0. The molecule has 0 aromatic carbocycles. The Bertz CT molecular complexity index is 179. The zero-order valence-electron chi connectivity index (χ0n) is 11.7. The lowest BCUT2D eigenvalue weighted by molar-refractivity contribution is -0.0227. The van der Waals surface area contributed by atoms with E-state index in [1.807, 2.05) is 0 Å². The molecule has 0 amide bonds. The van der Waals surface area contributed by atoms with Crippen molar-refractivity contribution >= 4 is 0 Å². The van der Waals surface area contributed by atoms with Crippen molar-refractivity contribution in [3.63, 3.8) is 0 Å². The first-order valence-electron chi connectivity index (χ1n) is 7.16. The van der Waals surface area contributed by atoms with Gasteiger partial charge in [0.15, 0.2) is 0 Å². The molecular weight excluding hydrogens is 214 g/mol. The molecule has 0 radical (unpaired) electrons. The summed E-state index contributed by atoms with van der Waals surface area (Å²) in [6.45, 7) is 10.4. The van der Waals surface area contributed by atoms with Crippen LogP contribution in [0.3, 0.4) is 0 Å². The van der Waals surface area contributed by atoms with Gasteiger partial charge in [0.25, 0.3) is 0 Å². The van der Waals surface area contributed by atoms with Crippen LogP contribution in [0, 0.1) is 5.92 Å². The van der Waals surface area contributed by atoms with E-state index in [0.29, 0.717) is 18.1 Å².